The molecule has 1 saturated carbocycles. The molecule has 4 rings (SSSR count). The van der Waals surface area contributed by atoms with E-state index in [0.29, 0.717) is 24.2 Å². The number of hydrogen-bond acceptors (Lipinski definition) is 6. The molecule has 2 fully saturated rings. The first-order valence-corrected chi connectivity index (χ1v) is 14.9. The predicted molar refractivity (Wildman–Crippen MR) is 147 cm³/mol. The van der Waals surface area contributed by atoms with Crippen molar-refractivity contribution in [3.63, 3.8) is 0 Å². The molecule has 0 aromatic carbocycles. The topological polar surface area (TPSA) is 116 Å². The summed E-state index contributed by atoms with van der Waals surface area (Å²) in [6.45, 7) is 8.33. The van der Waals surface area contributed by atoms with Crippen molar-refractivity contribution in [2.75, 3.05) is 0 Å². The number of primary amides is 1. The lowest BCUT2D eigenvalue weighted by Gasteiger charge is -2.43. The van der Waals surface area contributed by atoms with E-state index in [4.69, 9.17) is 15.2 Å². The van der Waals surface area contributed by atoms with Crippen LogP contribution in [0.3, 0.4) is 0 Å². The second-order valence-corrected chi connectivity index (χ2v) is 12.1. The van der Waals surface area contributed by atoms with Gasteiger partial charge in [0.1, 0.15) is 12.2 Å². The Balaban J connectivity index is 0.000000375. The maximum Gasteiger partial charge on any atom is 0.308 e. The average molecular weight is 532 g/mol. The number of nitrogens with two attached hydrogens (primary N) is 1. The van der Waals surface area contributed by atoms with Crippen LogP contribution in [0, 0.1) is 35.5 Å². The highest BCUT2D eigenvalue weighted by molar-refractivity contribution is 5.76. The summed E-state index contributed by atoms with van der Waals surface area (Å²) in [5, 5.41) is 9.89. The number of carbonyl (C=O) groups is 3. The minimum absolute atomic E-state index is 0.0854. The van der Waals surface area contributed by atoms with Crippen molar-refractivity contribution in [2.45, 2.75) is 117 Å². The number of carbonyl (C=O) groups excluding carboxylic acids is 3. The van der Waals surface area contributed by atoms with Gasteiger partial charge in [-0.3, -0.25) is 14.4 Å². The lowest BCUT2D eigenvalue weighted by Crippen LogP contribution is -2.42. The van der Waals surface area contributed by atoms with Crippen LogP contribution in [-0.4, -0.2) is 41.3 Å². The second-order valence-electron chi connectivity index (χ2n) is 12.1. The summed E-state index contributed by atoms with van der Waals surface area (Å²) in [4.78, 5) is 34.8. The van der Waals surface area contributed by atoms with Gasteiger partial charge in [0, 0.05) is 18.3 Å². The lowest BCUT2D eigenvalue weighted by atomic mass is 9.65. The molecule has 0 bridgehead atoms. The van der Waals surface area contributed by atoms with Crippen LogP contribution < -0.4 is 5.73 Å². The van der Waals surface area contributed by atoms with Gasteiger partial charge in [-0.2, -0.15) is 0 Å². The SMILES string of the molecule is CC[C@H](C)C(=O)O[C@H]1C[C@@H](C)C=C2C=C[C@H](C)[C@H](CC[C@@H]3C[C@@H](O)CC(=O)O3)[C@H]21.NC(=O)C1CCCCC1. The molecule has 7 nitrogen and oxygen atoms in total. The van der Waals surface area contributed by atoms with Gasteiger partial charge in [-0.15, -0.1) is 0 Å². The third-order valence-corrected chi connectivity index (χ3v) is 8.94. The summed E-state index contributed by atoms with van der Waals surface area (Å²) in [5.41, 5.74) is 6.40. The molecule has 3 N–H and O–H groups in total. The number of aliphatic hydroxyl groups is 1. The molecule has 1 aliphatic heterocycles. The van der Waals surface area contributed by atoms with Gasteiger partial charge >= 0.3 is 11.9 Å². The van der Waals surface area contributed by atoms with E-state index in [1.165, 1.54) is 24.8 Å². The molecular formula is C31H49NO6. The number of amides is 1. The van der Waals surface area contributed by atoms with Gasteiger partial charge in [0.25, 0.3) is 0 Å². The maximum atomic E-state index is 12.5. The van der Waals surface area contributed by atoms with Gasteiger partial charge < -0.3 is 20.3 Å². The number of rotatable bonds is 7. The Hall–Kier alpha value is -2.15. The summed E-state index contributed by atoms with van der Waals surface area (Å²) in [6, 6.07) is 0. The molecular weight excluding hydrogens is 482 g/mol. The van der Waals surface area contributed by atoms with Crippen molar-refractivity contribution >= 4 is 17.8 Å². The van der Waals surface area contributed by atoms with E-state index in [-0.39, 0.29) is 54.2 Å². The smallest absolute Gasteiger partial charge is 0.308 e. The van der Waals surface area contributed by atoms with Crippen LogP contribution in [-0.2, 0) is 23.9 Å². The maximum absolute atomic E-state index is 12.5. The Labute approximate surface area is 228 Å². The first-order chi connectivity index (χ1) is 18.1. The Morgan fingerprint density at radius 3 is 2.47 bits per heavy atom. The van der Waals surface area contributed by atoms with Gasteiger partial charge in [0.05, 0.1) is 18.4 Å². The van der Waals surface area contributed by atoms with Gasteiger partial charge in [-0.1, -0.05) is 65.2 Å². The van der Waals surface area contributed by atoms with Crippen molar-refractivity contribution < 1.29 is 29.0 Å². The minimum atomic E-state index is -0.597. The van der Waals surface area contributed by atoms with Crippen molar-refractivity contribution in [2.24, 2.45) is 41.2 Å². The third kappa shape index (κ3) is 8.42. The Morgan fingerprint density at radius 2 is 1.87 bits per heavy atom. The molecule has 214 valence electrons. The van der Waals surface area contributed by atoms with Crippen LogP contribution >= 0.6 is 0 Å². The van der Waals surface area contributed by atoms with Crippen molar-refractivity contribution in [1.29, 1.82) is 0 Å². The summed E-state index contributed by atoms with van der Waals surface area (Å²) < 4.78 is 11.5. The van der Waals surface area contributed by atoms with Gasteiger partial charge in [0.15, 0.2) is 0 Å². The predicted octanol–water partition coefficient (Wildman–Crippen LogP) is 5.25. The van der Waals surface area contributed by atoms with Gasteiger partial charge in [-0.25, -0.2) is 0 Å². The third-order valence-electron chi connectivity index (χ3n) is 8.94. The normalized spacial score (nSPS) is 34.1. The molecule has 7 heteroatoms. The number of aliphatic hydroxyl groups excluding tert-OH is 1. The molecule has 0 unspecified atom stereocenters. The van der Waals surface area contributed by atoms with E-state index in [1.54, 1.807) is 0 Å². The molecule has 4 aliphatic rings. The average Bonchev–Trinajstić information content (AvgIpc) is 2.88. The first-order valence-electron chi connectivity index (χ1n) is 14.9. The number of ether oxygens (including phenoxy) is 2. The monoisotopic (exact) mass is 531 g/mol. The zero-order valence-electron chi connectivity index (χ0n) is 23.8. The highest BCUT2D eigenvalue weighted by Gasteiger charge is 2.42. The van der Waals surface area contributed by atoms with Crippen LogP contribution in [0.2, 0.25) is 0 Å². The number of hydrogen-bond donors (Lipinski definition) is 2. The fourth-order valence-electron chi connectivity index (χ4n) is 6.46. The standard InChI is InChI=1S/C24H36O5.C7H13NO/c1-5-15(3)24(27)29-21-11-14(2)10-17-7-6-16(4)20(23(17)21)9-8-19-12-18(25)13-22(26)28-19;8-7(9)6-4-2-1-3-5-6/h6-7,10,14-16,18-21,23,25H,5,8-9,11-13H2,1-4H3;6H,1-5H2,(H2,8,9)/t14-,15-,16-,18+,19+,20-,21-,23-;/m0./s1. The van der Waals surface area contributed by atoms with E-state index in [9.17, 15) is 19.5 Å². The summed E-state index contributed by atoms with van der Waals surface area (Å²) in [6.07, 6.45) is 15.4. The molecule has 8 atom stereocenters. The van der Waals surface area contributed by atoms with Crippen LogP contribution in [0.25, 0.3) is 0 Å². The number of cyclic esters (lactones) is 1. The highest BCUT2D eigenvalue weighted by atomic mass is 16.5. The van der Waals surface area contributed by atoms with Crippen molar-refractivity contribution in [1.82, 2.24) is 0 Å². The van der Waals surface area contributed by atoms with E-state index in [1.807, 2.05) is 13.8 Å². The fraction of sp³-hybridized carbons (Fsp3) is 0.774. The molecule has 1 saturated heterocycles. The van der Waals surface area contributed by atoms with Crippen LogP contribution in [0.5, 0.6) is 0 Å². The van der Waals surface area contributed by atoms with Crippen LogP contribution in [0.15, 0.2) is 23.8 Å². The molecule has 0 aromatic heterocycles. The molecule has 1 amide bonds. The zero-order chi connectivity index (χ0) is 27.8. The molecule has 38 heavy (non-hydrogen) atoms. The number of esters is 2. The zero-order valence-corrected chi connectivity index (χ0v) is 23.8. The van der Waals surface area contributed by atoms with Crippen LogP contribution in [0.1, 0.15) is 98.3 Å². The summed E-state index contributed by atoms with van der Waals surface area (Å²) in [5.74, 6) is 0.846. The largest absolute Gasteiger partial charge is 0.462 e. The molecule has 1 heterocycles. The first kappa shape index (κ1) is 30.4. The summed E-state index contributed by atoms with van der Waals surface area (Å²) >= 11 is 0. The van der Waals surface area contributed by atoms with E-state index < -0.39 is 6.10 Å². The Morgan fingerprint density at radius 1 is 1.16 bits per heavy atom. The minimum Gasteiger partial charge on any atom is -0.462 e. The molecule has 0 radical (unpaired) electrons. The van der Waals surface area contributed by atoms with E-state index >= 15 is 0 Å². The molecule has 0 aromatic rings. The molecule has 3 aliphatic carbocycles. The van der Waals surface area contributed by atoms with Gasteiger partial charge in [-0.05, 0) is 61.9 Å². The highest BCUT2D eigenvalue weighted by Crippen LogP contribution is 2.45. The summed E-state index contributed by atoms with van der Waals surface area (Å²) in [7, 11) is 0. The Bertz CT molecular complexity index is 876. The van der Waals surface area contributed by atoms with Crippen molar-refractivity contribution in [3.8, 4) is 0 Å². The number of allylic oxidation sites excluding steroid dienone is 3. The fourth-order valence-corrected chi connectivity index (χ4v) is 6.46. The van der Waals surface area contributed by atoms with E-state index in [2.05, 4.69) is 32.1 Å². The number of fused-ring (bicyclic) bond motifs is 1. The Kier molecular flexibility index (Phi) is 11.4. The van der Waals surface area contributed by atoms with Gasteiger partial charge in [0.2, 0.25) is 5.91 Å². The second kappa shape index (κ2) is 14.3. The molecule has 0 spiro atoms. The van der Waals surface area contributed by atoms with E-state index in [0.717, 1.165) is 38.5 Å². The quantitative estimate of drug-likeness (QED) is 0.434. The lowest BCUT2D eigenvalue weighted by molar-refractivity contribution is -0.162. The van der Waals surface area contributed by atoms with Crippen molar-refractivity contribution in [3.05, 3.63) is 23.8 Å². The van der Waals surface area contributed by atoms with Crippen LogP contribution in [0.4, 0.5) is 0 Å².